The standard InChI is InChI=1S/C17H22N2O2/c1-11-5-4-6-14-12(2)16(21-15(11)14)17(20)19(3)13-7-9-18-10-8-13/h4-6,13,18H,7-10H2,1-3H3. The molecular formula is C17H22N2O2. The summed E-state index contributed by atoms with van der Waals surface area (Å²) in [5.74, 6) is 0.482. The summed E-state index contributed by atoms with van der Waals surface area (Å²) in [6, 6.07) is 6.33. The van der Waals surface area contributed by atoms with Crippen molar-refractivity contribution in [3.8, 4) is 0 Å². The molecule has 1 aliphatic heterocycles. The van der Waals surface area contributed by atoms with Crippen LogP contribution in [0.25, 0.3) is 11.0 Å². The summed E-state index contributed by atoms with van der Waals surface area (Å²) in [5.41, 5.74) is 2.84. The average Bonchev–Trinajstić information content (AvgIpc) is 2.85. The maximum Gasteiger partial charge on any atom is 0.289 e. The minimum absolute atomic E-state index is 0.00463. The van der Waals surface area contributed by atoms with Crippen molar-refractivity contribution in [2.45, 2.75) is 32.7 Å². The lowest BCUT2D eigenvalue weighted by atomic mass is 10.0. The fourth-order valence-electron chi connectivity index (χ4n) is 3.11. The van der Waals surface area contributed by atoms with Crippen LogP contribution in [0.2, 0.25) is 0 Å². The fourth-order valence-corrected chi connectivity index (χ4v) is 3.11. The van der Waals surface area contributed by atoms with E-state index >= 15 is 0 Å². The number of fused-ring (bicyclic) bond motifs is 1. The highest BCUT2D eigenvalue weighted by atomic mass is 16.3. The molecule has 21 heavy (non-hydrogen) atoms. The molecule has 1 saturated heterocycles. The Morgan fingerprint density at radius 3 is 2.67 bits per heavy atom. The Morgan fingerprint density at radius 2 is 2.00 bits per heavy atom. The number of piperidine rings is 1. The molecule has 3 rings (SSSR count). The third-order valence-electron chi connectivity index (χ3n) is 4.53. The Hall–Kier alpha value is -1.81. The van der Waals surface area contributed by atoms with Crippen molar-refractivity contribution in [1.82, 2.24) is 10.2 Å². The number of nitrogens with one attached hydrogen (secondary N) is 1. The van der Waals surface area contributed by atoms with E-state index in [1.807, 2.05) is 44.0 Å². The van der Waals surface area contributed by atoms with E-state index in [9.17, 15) is 4.79 Å². The van der Waals surface area contributed by atoms with Gasteiger partial charge in [0, 0.05) is 24.0 Å². The molecule has 1 aliphatic rings. The number of amides is 1. The van der Waals surface area contributed by atoms with Crippen molar-refractivity contribution in [3.63, 3.8) is 0 Å². The van der Waals surface area contributed by atoms with Crippen molar-refractivity contribution in [2.24, 2.45) is 0 Å². The van der Waals surface area contributed by atoms with Crippen LogP contribution < -0.4 is 5.32 Å². The van der Waals surface area contributed by atoms with Crippen LogP contribution in [0, 0.1) is 13.8 Å². The Balaban J connectivity index is 1.94. The minimum atomic E-state index is -0.00463. The molecule has 0 bridgehead atoms. The SMILES string of the molecule is Cc1c(C(=O)N(C)C2CCNCC2)oc2c(C)cccc12. The van der Waals surface area contributed by atoms with Crippen molar-refractivity contribution >= 4 is 16.9 Å². The molecule has 1 N–H and O–H groups in total. The van der Waals surface area contributed by atoms with Gasteiger partial charge in [-0.2, -0.15) is 0 Å². The Morgan fingerprint density at radius 1 is 1.29 bits per heavy atom. The van der Waals surface area contributed by atoms with E-state index in [0.29, 0.717) is 11.8 Å². The summed E-state index contributed by atoms with van der Waals surface area (Å²) in [6.45, 7) is 5.92. The topological polar surface area (TPSA) is 45.5 Å². The van der Waals surface area contributed by atoms with E-state index in [2.05, 4.69) is 5.32 Å². The van der Waals surface area contributed by atoms with Gasteiger partial charge in [-0.05, 0) is 45.3 Å². The van der Waals surface area contributed by atoms with Crippen LogP contribution in [-0.4, -0.2) is 37.0 Å². The molecule has 2 aromatic rings. The van der Waals surface area contributed by atoms with E-state index < -0.39 is 0 Å². The third kappa shape index (κ3) is 2.44. The lowest BCUT2D eigenvalue weighted by Crippen LogP contribution is -2.44. The number of nitrogens with zero attached hydrogens (tertiary/aromatic N) is 1. The number of para-hydroxylation sites is 1. The second-order valence-corrected chi connectivity index (χ2v) is 5.91. The molecule has 2 heterocycles. The van der Waals surface area contributed by atoms with Crippen LogP contribution in [0.1, 0.15) is 34.5 Å². The lowest BCUT2D eigenvalue weighted by Gasteiger charge is -2.31. The highest BCUT2D eigenvalue weighted by Gasteiger charge is 2.27. The van der Waals surface area contributed by atoms with Crippen molar-refractivity contribution in [1.29, 1.82) is 0 Å². The van der Waals surface area contributed by atoms with E-state index in [4.69, 9.17) is 4.42 Å². The summed E-state index contributed by atoms with van der Waals surface area (Å²) < 4.78 is 5.90. The zero-order valence-electron chi connectivity index (χ0n) is 12.9. The van der Waals surface area contributed by atoms with Gasteiger partial charge in [-0.1, -0.05) is 18.2 Å². The van der Waals surface area contributed by atoms with Crippen LogP contribution in [-0.2, 0) is 0 Å². The van der Waals surface area contributed by atoms with Crippen LogP contribution in [0.3, 0.4) is 0 Å². The van der Waals surface area contributed by atoms with Gasteiger partial charge in [-0.15, -0.1) is 0 Å². The van der Waals surface area contributed by atoms with Crippen LogP contribution in [0.4, 0.5) is 0 Å². The van der Waals surface area contributed by atoms with Gasteiger partial charge in [0.25, 0.3) is 5.91 Å². The molecule has 4 heteroatoms. The van der Waals surface area contributed by atoms with Crippen LogP contribution in [0.15, 0.2) is 22.6 Å². The van der Waals surface area contributed by atoms with E-state index in [1.54, 1.807) is 0 Å². The Bertz CT molecular complexity index is 669. The van der Waals surface area contributed by atoms with Crippen molar-refractivity contribution < 1.29 is 9.21 Å². The summed E-state index contributed by atoms with van der Waals surface area (Å²) in [4.78, 5) is 14.6. The van der Waals surface area contributed by atoms with Gasteiger partial charge >= 0.3 is 0 Å². The Labute approximate surface area is 125 Å². The van der Waals surface area contributed by atoms with Gasteiger partial charge in [0.05, 0.1) is 0 Å². The number of benzene rings is 1. The number of carbonyl (C=O) groups excluding carboxylic acids is 1. The van der Waals surface area contributed by atoms with Gasteiger partial charge in [0.1, 0.15) is 5.58 Å². The molecule has 0 saturated carbocycles. The molecule has 0 spiro atoms. The monoisotopic (exact) mass is 286 g/mol. The normalized spacial score (nSPS) is 16.3. The van der Waals surface area contributed by atoms with Gasteiger partial charge in [0.15, 0.2) is 5.76 Å². The van der Waals surface area contributed by atoms with E-state index in [1.165, 1.54) is 0 Å². The quantitative estimate of drug-likeness (QED) is 0.923. The van der Waals surface area contributed by atoms with Crippen molar-refractivity contribution in [3.05, 3.63) is 35.1 Å². The molecule has 0 atom stereocenters. The molecule has 0 aliphatic carbocycles. The van der Waals surface area contributed by atoms with Gasteiger partial charge < -0.3 is 14.6 Å². The number of hydrogen-bond donors (Lipinski definition) is 1. The fraction of sp³-hybridized carbons (Fsp3) is 0.471. The first-order valence-corrected chi connectivity index (χ1v) is 7.56. The first kappa shape index (κ1) is 14.1. The second kappa shape index (κ2) is 5.53. The van der Waals surface area contributed by atoms with Gasteiger partial charge in [-0.3, -0.25) is 4.79 Å². The highest BCUT2D eigenvalue weighted by Crippen LogP contribution is 2.29. The number of hydrogen-bond acceptors (Lipinski definition) is 3. The predicted molar refractivity (Wildman–Crippen MR) is 83.7 cm³/mol. The van der Waals surface area contributed by atoms with E-state index in [0.717, 1.165) is 48.0 Å². The molecule has 1 amide bonds. The summed E-state index contributed by atoms with van der Waals surface area (Å²) in [7, 11) is 1.89. The maximum atomic E-state index is 12.8. The number of carbonyl (C=O) groups is 1. The summed E-state index contributed by atoms with van der Waals surface area (Å²) >= 11 is 0. The summed E-state index contributed by atoms with van der Waals surface area (Å²) in [6.07, 6.45) is 2.00. The van der Waals surface area contributed by atoms with Crippen molar-refractivity contribution in [2.75, 3.05) is 20.1 Å². The third-order valence-corrected chi connectivity index (χ3v) is 4.53. The van der Waals surface area contributed by atoms with Crippen LogP contribution >= 0.6 is 0 Å². The largest absolute Gasteiger partial charge is 0.450 e. The van der Waals surface area contributed by atoms with Crippen LogP contribution in [0.5, 0.6) is 0 Å². The molecule has 112 valence electrons. The number of furan rings is 1. The molecule has 4 nitrogen and oxygen atoms in total. The molecular weight excluding hydrogens is 264 g/mol. The lowest BCUT2D eigenvalue weighted by molar-refractivity contribution is 0.0672. The second-order valence-electron chi connectivity index (χ2n) is 5.91. The smallest absolute Gasteiger partial charge is 0.289 e. The molecule has 1 aromatic heterocycles. The zero-order chi connectivity index (χ0) is 15.0. The minimum Gasteiger partial charge on any atom is -0.450 e. The molecule has 0 unspecified atom stereocenters. The number of aryl methyl sites for hydroxylation is 2. The highest BCUT2D eigenvalue weighted by molar-refractivity contribution is 5.99. The maximum absolute atomic E-state index is 12.8. The summed E-state index contributed by atoms with van der Waals surface area (Å²) in [5, 5.41) is 4.37. The zero-order valence-corrected chi connectivity index (χ0v) is 12.9. The number of rotatable bonds is 2. The van der Waals surface area contributed by atoms with Gasteiger partial charge in [-0.25, -0.2) is 0 Å². The first-order valence-electron chi connectivity index (χ1n) is 7.56. The van der Waals surface area contributed by atoms with Gasteiger partial charge in [0.2, 0.25) is 0 Å². The average molecular weight is 286 g/mol. The first-order chi connectivity index (χ1) is 10.1. The van der Waals surface area contributed by atoms with E-state index in [-0.39, 0.29) is 5.91 Å². The molecule has 1 fully saturated rings. The molecule has 1 aromatic carbocycles. The Kier molecular flexibility index (Phi) is 3.72. The molecule has 0 radical (unpaired) electrons. The predicted octanol–water partition coefficient (Wildman–Crippen LogP) is 2.87.